The summed E-state index contributed by atoms with van der Waals surface area (Å²) in [6, 6.07) is 17.8. The van der Waals surface area contributed by atoms with Crippen LogP contribution in [0.3, 0.4) is 0 Å². The molecule has 0 unspecified atom stereocenters. The van der Waals surface area contributed by atoms with Gasteiger partial charge in [0, 0.05) is 5.56 Å². The Balaban J connectivity index is 0.000000295. The van der Waals surface area contributed by atoms with Crippen molar-refractivity contribution in [2.24, 2.45) is 0 Å². The molecule has 0 heterocycles. The van der Waals surface area contributed by atoms with E-state index in [-0.39, 0.29) is 17.0 Å². The molecule has 0 saturated carbocycles. The molecule has 0 aliphatic rings. The molecule has 0 aliphatic heterocycles. The lowest BCUT2D eigenvalue weighted by molar-refractivity contribution is -0.131. The lowest BCUT2D eigenvalue weighted by atomic mass is 10.0. The van der Waals surface area contributed by atoms with Gasteiger partial charge in [-0.15, -0.1) is 0 Å². The molecular weight excluding hydrogens is 300 g/mol. The summed E-state index contributed by atoms with van der Waals surface area (Å²) in [6.45, 7) is 1.58. The van der Waals surface area contributed by atoms with Gasteiger partial charge >= 0.3 is 5.97 Å². The fourth-order valence-corrected chi connectivity index (χ4v) is 1.79. The maximum Gasteiger partial charge on any atom is 0.343 e. The Hall–Kier alpha value is -2.53. The van der Waals surface area contributed by atoms with Crippen LogP contribution in [0, 0.1) is 0 Å². The van der Waals surface area contributed by atoms with Crippen molar-refractivity contribution in [1.29, 1.82) is 0 Å². The van der Waals surface area contributed by atoms with Gasteiger partial charge in [0.2, 0.25) is 0 Å². The van der Waals surface area contributed by atoms with Gasteiger partial charge in [-0.25, -0.2) is 9.00 Å². The van der Waals surface area contributed by atoms with Gasteiger partial charge in [0.15, 0.2) is 5.78 Å². The highest BCUT2D eigenvalue weighted by molar-refractivity contribution is 7.66. The number of rotatable bonds is 3. The van der Waals surface area contributed by atoms with E-state index in [1.807, 2.05) is 42.5 Å². The molecule has 4 nitrogen and oxygen atoms in total. The minimum absolute atomic E-state index is 0.0848. The van der Waals surface area contributed by atoms with E-state index in [2.05, 4.69) is 16.9 Å². The summed E-state index contributed by atoms with van der Waals surface area (Å²) >= 11 is 0.0848. The van der Waals surface area contributed by atoms with E-state index in [0.29, 0.717) is 0 Å². The second-order valence-electron chi connectivity index (χ2n) is 4.24. The number of ether oxygens (including phenoxy) is 1. The van der Waals surface area contributed by atoms with Gasteiger partial charge in [-0.2, -0.15) is 0 Å². The van der Waals surface area contributed by atoms with Crippen molar-refractivity contribution in [3.05, 3.63) is 60.2 Å². The Labute approximate surface area is 132 Å². The zero-order valence-electron chi connectivity index (χ0n) is 12.3. The molecule has 0 atom stereocenters. The van der Waals surface area contributed by atoms with Crippen molar-refractivity contribution in [2.75, 3.05) is 7.11 Å². The first kappa shape index (κ1) is 17.5. The Morgan fingerprint density at radius 3 is 1.91 bits per heavy atom. The number of hydrogen-bond acceptors (Lipinski definition) is 4. The molecular formula is C17H16O4S. The average Bonchev–Trinajstić information content (AvgIpc) is 2.56. The number of carbonyl (C=O) groups excluding carboxylic acids is 2. The quantitative estimate of drug-likeness (QED) is 0.496. The number of Topliss-reactive ketones (excluding diaryl/α,β-unsaturated/α-hetero) is 1. The van der Waals surface area contributed by atoms with Crippen molar-refractivity contribution < 1.29 is 18.5 Å². The minimum atomic E-state index is -0.597. The fourth-order valence-electron chi connectivity index (χ4n) is 1.62. The van der Waals surface area contributed by atoms with Crippen LogP contribution in [0.2, 0.25) is 0 Å². The van der Waals surface area contributed by atoms with Crippen LogP contribution in [-0.2, 0) is 20.8 Å². The molecule has 0 amide bonds. The van der Waals surface area contributed by atoms with Gasteiger partial charge in [0.25, 0.3) is 0 Å². The van der Waals surface area contributed by atoms with Gasteiger partial charge in [0.1, 0.15) is 5.37 Å². The van der Waals surface area contributed by atoms with Crippen LogP contribution in [0.1, 0.15) is 17.3 Å². The summed E-state index contributed by atoms with van der Waals surface area (Å²) < 4.78 is 13.5. The van der Waals surface area contributed by atoms with Crippen LogP contribution in [-0.4, -0.2) is 28.4 Å². The standard InChI is InChI=1S/C14H12O.C3H4O3S/c1-11(15)12-7-9-14(10-8-12)13-5-3-2-4-6-13;1-6-3(4)2-7-5/h2-10H,1H3;2H,1H3. The molecule has 0 N–H and O–H groups in total. The summed E-state index contributed by atoms with van der Waals surface area (Å²) in [5, 5.41) is 0.847. The maximum atomic E-state index is 11.1. The summed E-state index contributed by atoms with van der Waals surface area (Å²) in [6.07, 6.45) is 0. The molecule has 0 saturated heterocycles. The molecule has 2 rings (SSSR count). The fraction of sp³-hybridized carbons (Fsp3) is 0.118. The van der Waals surface area contributed by atoms with Gasteiger partial charge in [-0.05, 0) is 18.1 Å². The highest BCUT2D eigenvalue weighted by Crippen LogP contribution is 2.19. The smallest absolute Gasteiger partial charge is 0.343 e. The molecule has 5 heteroatoms. The summed E-state index contributed by atoms with van der Waals surface area (Å²) in [5.74, 6) is -0.491. The Morgan fingerprint density at radius 2 is 1.50 bits per heavy atom. The largest absolute Gasteiger partial charge is 0.465 e. The molecule has 0 aromatic heterocycles. The summed E-state index contributed by atoms with van der Waals surface area (Å²) in [4.78, 5) is 21.0. The van der Waals surface area contributed by atoms with E-state index in [0.717, 1.165) is 16.5 Å². The Kier molecular flexibility index (Phi) is 7.50. The number of esters is 1. The lowest BCUT2D eigenvalue weighted by Crippen LogP contribution is -1.99. The van der Waals surface area contributed by atoms with Gasteiger partial charge in [-0.1, -0.05) is 54.6 Å². The van der Waals surface area contributed by atoms with E-state index in [1.54, 1.807) is 6.92 Å². The maximum absolute atomic E-state index is 11.1. The molecule has 114 valence electrons. The highest BCUT2D eigenvalue weighted by atomic mass is 32.1. The zero-order chi connectivity index (χ0) is 16.4. The van der Waals surface area contributed by atoms with E-state index in [1.165, 1.54) is 12.7 Å². The number of methoxy groups -OCH3 is 1. The second-order valence-corrected chi connectivity index (χ2v) is 4.66. The molecule has 2 aromatic rings. The average molecular weight is 316 g/mol. The number of ketones is 1. The lowest BCUT2D eigenvalue weighted by Gasteiger charge is -2.01. The topological polar surface area (TPSA) is 60.4 Å². The van der Waals surface area contributed by atoms with Gasteiger partial charge in [0.05, 0.1) is 18.4 Å². The summed E-state index contributed by atoms with van der Waals surface area (Å²) in [5.41, 5.74) is 3.07. The van der Waals surface area contributed by atoms with Crippen molar-refractivity contribution in [2.45, 2.75) is 6.92 Å². The van der Waals surface area contributed by atoms with Gasteiger partial charge in [-0.3, -0.25) is 4.79 Å². The predicted molar refractivity (Wildman–Crippen MR) is 88.1 cm³/mol. The van der Waals surface area contributed by atoms with Crippen LogP contribution < -0.4 is 0 Å². The molecule has 0 bridgehead atoms. The van der Waals surface area contributed by atoms with Crippen LogP contribution in [0.5, 0.6) is 0 Å². The molecule has 0 fully saturated rings. The first-order chi connectivity index (χ1) is 10.6. The van der Waals surface area contributed by atoms with Crippen molar-refractivity contribution >= 4 is 28.4 Å². The number of carbonyl (C=O) groups is 2. The van der Waals surface area contributed by atoms with Crippen LogP contribution >= 0.6 is 0 Å². The van der Waals surface area contributed by atoms with E-state index >= 15 is 0 Å². The van der Waals surface area contributed by atoms with E-state index < -0.39 is 5.97 Å². The van der Waals surface area contributed by atoms with Gasteiger partial charge < -0.3 is 4.74 Å². The monoisotopic (exact) mass is 316 g/mol. The number of benzene rings is 2. The predicted octanol–water partition coefficient (Wildman–Crippen LogP) is 2.73. The third-order valence-electron chi connectivity index (χ3n) is 2.74. The zero-order valence-corrected chi connectivity index (χ0v) is 13.1. The first-order valence-electron chi connectivity index (χ1n) is 6.44. The second kappa shape index (κ2) is 9.41. The Bertz CT molecular complexity index is 672. The first-order valence-corrected chi connectivity index (χ1v) is 7.25. The minimum Gasteiger partial charge on any atom is -0.465 e. The van der Waals surface area contributed by atoms with E-state index in [4.69, 9.17) is 0 Å². The molecule has 0 spiro atoms. The highest BCUT2D eigenvalue weighted by Gasteiger charge is 1.99. The van der Waals surface area contributed by atoms with Crippen molar-refractivity contribution in [3.63, 3.8) is 0 Å². The molecule has 2 aromatic carbocycles. The third-order valence-corrected chi connectivity index (χ3v) is 3.03. The number of hydrogen-bond donors (Lipinski definition) is 0. The van der Waals surface area contributed by atoms with Crippen molar-refractivity contribution in [1.82, 2.24) is 0 Å². The Morgan fingerprint density at radius 1 is 0.955 bits per heavy atom. The SMILES string of the molecule is CC(=O)c1ccc(-c2ccccc2)cc1.COC(=O)C=S=O. The van der Waals surface area contributed by atoms with Crippen LogP contribution in [0.15, 0.2) is 54.6 Å². The van der Waals surface area contributed by atoms with Crippen molar-refractivity contribution in [3.8, 4) is 11.1 Å². The molecule has 22 heavy (non-hydrogen) atoms. The third kappa shape index (κ3) is 5.85. The molecule has 0 radical (unpaired) electrons. The normalized spacial score (nSPS) is 9.00. The van der Waals surface area contributed by atoms with Crippen LogP contribution in [0.25, 0.3) is 11.1 Å². The van der Waals surface area contributed by atoms with E-state index in [9.17, 15) is 13.8 Å². The molecule has 0 aliphatic carbocycles. The summed E-state index contributed by atoms with van der Waals surface area (Å²) in [7, 11) is 1.22. The van der Waals surface area contributed by atoms with Crippen LogP contribution in [0.4, 0.5) is 0 Å².